The maximum Gasteiger partial charge on any atom is 0.227 e. The number of fused-ring (bicyclic) bond motifs is 3. The molecule has 0 aliphatic carbocycles. The molecule has 1 aromatic heterocycles. The third kappa shape index (κ3) is 4.96. The number of hydrogen-bond acceptors (Lipinski definition) is 5. The molecule has 0 atom stereocenters. The first-order valence-electron chi connectivity index (χ1n) is 10.7. The minimum absolute atomic E-state index is 0. The summed E-state index contributed by atoms with van der Waals surface area (Å²) in [6.07, 6.45) is 1.66. The van der Waals surface area contributed by atoms with Gasteiger partial charge >= 0.3 is 0 Å². The van der Waals surface area contributed by atoms with E-state index in [0.717, 1.165) is 11.3 Å². The fourth-order valence-corrected chi connectivity index (χ4v) is 4.05. The molecule has 3 aromatic carbocycles. The molecular weight excluding hydrogens is 480 g/mol. The van der Waals surface area contributed by atoms with Crippen LogP contribution in [0.2, 0.25) is 5.02 Å². The summed E-state index contributed by atoms with van der Waals surface area (Å²) in [5.74, 6) is 4.77. The number of nitrogens with two attached hydrogens (primary N) is 1. The number of nitrogens with one attached hydrogen (secondary N) is 1. The Morgan fingerprint density at radius 3 is 2.56 bits per heavy atom. The van der Waals surface area contributed by atoms with Crippen molar-refractivity contribution in [2.24, 2.45) is 10.7 Å². The van der Waals surface area contributed by atoms with Crippen molar-refractivity contribution in [3.8, 4) is 23.1 Å². The summed E-state index contributed by atoms with van der Waals surface area (Å²) in [5, 5.41) is 3.61. The monoisotopic (exact) mass is 501 g/mol. The summed E-state index contributed by atoms with van der Waals surface area (Å²) in [4.78, 5) is 13.7. The van der Waals surface area contributed by atoms with E-state index in [-0.39, 0.29) is 31.8 Å². The number of anilines is 2. The molecule has 0 amide bonds. The van der Waals surface area contributed by atoms with Gasteiger partial charge in [0.1, 0.15) is 11.6 Å². The number of hydrogen-bond donors (Lipinski definition) is 2. The highest BCUT2D eigenvalue weighted by Crippen LogP contribution is 2.34. The van der Waals surface area contributed by atoms with Crippen molar-refractivity contribution in [1.29, 1.82) is 0 Å². The highest BCUT2D eigenvalue weighted by Gasteiger charge is 2.25. The van der Waals surface area contributed by atoms with Crippen LogP contribution >= 0.6 is 11.6 Å². The number of aromatic nitrogens is 2. The first kappa shape index (κ1) is 25.0. The van der Waals surface area contributed by atoms with Crippen LogP contribution in [0.1, 0.15) is 29.7 Å². The topological polar surface area (TPSA) is 76.2 Å². The summed E-state index contributed by atoms with van der Waals surface area (Å²) in [6, 6.07) is 16.3. The lowest BCUT2D eigenvalue weighted by Crippen LogP contribution is -2.10. The maximum atomic E-state index is 14.7. The van der Waals surface area contributed by atoms with Crippen LogP contribution in [0.3, 0.4) is 0 Å². The summed E-state index contributed by atoms with van der Waals surface area (Å²) in [5.41, 5.74) is 9.45. The third-order valence-electron chi connectivity index (χ3n) is 5.42. The first-order chi connectivity index (χ1) is 17.0. The van der Waals surface area contributed by atoms with Crippen molar-refractivity contribution in [3.63, 3.8) is 0 Å². The van der Waals surface area contributed by atoms with Crippen molar-refractivity contribution in [2.75, 3.05) is 11.9 Å². The molecule has 0 saturated heterocycles. The van der Waals surface area contributed by atoms with Crippen molar-refractivity contribution in [2.45, 2.75) is 14.0 Å². The highest BCUT2D eigenvalue weighted by atomic mass is 35.5. The molecule has 0 saturated carbocycles. The van der Waals surface area contributed by atoms with Gasteiger partial charge in [-0.3, -0.25) is 4.99 Å². The van der Waals surface area contributed by atoms with Crippen LogP contribution in [-0.4, -0.2) is 22.2 Å². The van der Waals surface area contributed by atoms with E-state index in [1.165, 1.54) is 18.2 Å². The van der Waals surface area contributed by atoms with Crippen LogP contribution in [0.25, 0.3) is 11.3 Å². The van der Waals surface area contributed by atoms with Gasteiger partial charge in [-0.1, -0.05) is 49.1 Å². The molecule has 0 bridgehead atoms. The van der Waals surface area contributed by atoms with Gasteiger partial charge in [0, 0.05) is 39.2 Å². The summed E-state index contributed by atoms with van der Waals surface area (Å²) in [7, 11) is 0. The number of rotatable bonds is 3. The molecule has 180 valence electrons. The van der Waals surface area contributed by atoms with E-state index >= 15 is 0 Å². The molecule has 0 radical (unpaired) electrons. The van der Waals surface area contributed by atoms with Crippen molar-refractivity contribution >= 4 is 28.9 Å². The third-order valence-corrected chi connectivity index (χ3v) is 5.65. The normalized spacial score (nSPS) is 11.6. The van der Waals surface area contributed by atoms with Gasteiger partial charge in [0.15, 0.2) is 0 Å². The Morgan fingerprint density at radius 2 is 1.78 bits per heavy atom. The van der Waals surface area contributed by atoms with Crippen LogP contribution in [0.4, 0.5) is 20.4 Å². The van der Waals surface area contributed by atoms with Gasteiger partial charge in [-0.05, 0) is 42.5 Å². The Morgan fingerprint density at radius 1 is 1.00 bits per heavy atom. The highest BCUT2D eigenvalue weighted by molar-refractivity contribution is 6.31. The fourth-order valence-electron chi connectivity index (χ4n) is 3.88. The van der Waals surface area contributed by atoms with Crippen LogP contribution in [-0.2, 0) is 6.54 Å². The largest absolute Gasteiger partial charge is 0.324 e. The minimum Gasteiger partial charge on any atom is -0.324 e. The molecular formula is C28H22ClF2N5. The second-order valence-electron chi connectivity index (χ2n) is 7.73. The van der Waals surface area contributed by atoms with Gasteiger partial charge in [0.05, 0.1) is 30.1 Å². The zero-order valence-corrected chi connectivity index (χ0v) is 19.1. The van der Waals surface area contributed by atoms with Crippen LogP contribution < -0.4 is 11.1 Å². The van der Waals surface area contributed by atoms with E-state index in [1.54, 1.807) is 24.4 Å². The average molecular weight is 502 g/mol. The number of aliphatic imine (C=N–C) groups is 1. The van der Waals surface area contributed by atoms with E-state index in [0.29, 0.717) is 33.4 Å². The quantitative estimate of drug-likeness (QED) is 0.332. The molecule has 3 N–H and O–H groups in total. The molecule has 0 spiro atoms. The zero-order chi connectivity index (χ0) is 24.4. The molecule has 8 heteroatoms. The lowest BCUT2D eigenvalue weighted by Gasteiger charge is -2.13. The summed E-state index contributed by atoms with van der Waals surface area (Å²) >= 11 is 6.27. The predicted molar refractivity (Wildman–Crippen MR) is 141 cm³/mol. The average Bonchev–Trinajstić information content (AvgIpc) is 3.00. The van der Waals surface area contributed by atoms with E-state index in [1.807, 2.05) is 24.3 Å². The number of nitrogens with zero attached hydrogens (tertiary/aromatic N) is 3. The standard InChI is InChI=1S/C27H18ClF2N5.CH4/c28-18-9-10-20-21(13-18)26(24-22(29)7-2-8-23(24)30)32-14-17-15-33-27(35-25(17)20)34-19-6-1-4-16(12-19)5-3-11-31;/h1-2,4,6-10,12-13,15H,11,14,31H2,(H,33,34,35);1H4. The first-order valence-corrected chi connectivity index (χ1v) is 11.1. The van der Waals surface area contributed by atoms with Crippen molar-refractivity contribution < 1.29 is 8.78 Å². The lowest BCUT2D eigenvalue weighted by molar-refractivity contribution is 0.579. The Bertz CT molecular complexity index is 1520. The molecule has 0 fully saturated rings. The second kappa shape index (κ2) is 10.6. The molecule has 5 rings (SSSR count). The van der Waals surface area contributed by atoms with Gasteiger partial charge in [0.25, 0.3) is 0 Å². The van der Waals surface area contributed by atoms with E-state index in [2.05, 4.69) is 27.1 Å². The Hall–Kier alpha value is -4.12. The maximum absolute atomic E-state index is 14.7. The Labute approximate surface area is 213 Å². The molecule has 1 aliphatic heterocycles. The molecule has 2 heterocycles. The van der Waals surface area contributed by atoms with Gasteiger partial charge in [0.2, 0.25) is 5.95 Å². The van der Waals surface area contributed by atoms with Crippen LogP contribution in [0.5, 0.6) is 0 Å². The van der Waals surface area contributed by atoms with Gasteiger partial charge in [-0.15, -0.1) is 0 Å². The molecule has 4 aromatic rings. The van der Waals surface area contributed by atoms with Gasteiger partial charge < -0.3 is 11.1 Å². The van der Waals surface area contributed by atoms with E-state index < -0.39 is 11.6 Å². The summed E-state index contributed by atoms with van der Waals surface area (Å²) in [6.45, 7) is 0.422. The second-order valence-corrected chi connectivity index (χ2v) is 8.17. The lowest BCUT2D eigenvalue weighted by atomic mass is 9.95. The molecule has 36 heavy (non-hydrogen) atoms. The Balaban J connectivity index is 0.00000304. The SMILES string of the molecule is C.NCC#Cc1cccc(Nc2ncc3c(n2)-c2ccc(Cl)cc2C(c2c(F)cccc2F)=NC3)c1. The van der Waals surface area contributed by atoms with Gasteiger partial charge in [-0.2, -0.15) is 0 Å². The molecule has 1 aliphatic rings. The minimum atomic E-state index is -0.702. The van der Waals surface area contributed by atoms with E-state index in [9.17, 15) is 8.78 Å². The van der Waals surface area contributed by atoms with Crippen molar-refractivity contribution in [1.82, 2.24) is 9.97 Å². The predicted octanol–water partition coefficient (Wildman–Crippen LogP) is 6.12. The van der Waals surface area contributed by atoms with Crippen molar-refractivity contribution in [3.05, 3.63) is 106 Å². The van der Waals surface area contributed by atoms with Crippen LogP contribution in [0.15, 0.2) is 71.9 Å². The van der Waals surface area contributed by atoms with Crippen LogP contribution in [0, 0.1) is 23.5 Å². The smallest absolute Gasteiger partial charge is 0.227 e. The summed E-state index contributed by atoms with van der Waals surface area (Å²) < 4.78 is 29.4. The number of benzene rings is 3. The zero-order valence-electron chi connectivity index (χ0n) is 18.3. The molecule has 5 nitrogen and oxygen atoms in total. The molecule has 0 unspecified atom stereocenters. The number of halogens is 3. The van der Waals surface area contributed by atoms with E-state index in [4.69, 9.17) is 22.3 Å². The fraction of sp³-hybridized carbons (Fsp3) is 0.107. The van der Waals surface area contributed by atoms with Gasteiger partial charge in [-0.25, -0.2) is 18.7 Å². The Kier molecular flexibility index (Phi) is 7.39.